The van der Waals surface area contributed by atoms with E-state index >= 15 is 0 Å². The van der Waals surface area contributed by atoms with E-state index in [1.807, 2.05) is 34.7 Å². The standard InChI is InChI=1S/C18H33N3O2/c1-14(21(5)13-16(22)20-18(2,3)4)17(23)19-12-11-15-9-7-6-8-10-15/h9,14H,6-8,10-13H2,1-5H3,(H,19,23)(H,20,22)/p+1/t14-/m1/s1. The van der Waals surface area contributed by atoms with Crippen LogP contribution in [0.4, 0.5) is 0 Å². The fraction of sp³-hybridized carbons (Fsp3) is 0.778. The molecule has 0 aromatic heterocycles. The van der Waals surface area contributed by atoms with Gasteiger partial charge in [-0.2, -0.15) is 0 Å². The van der Waals surface area contributed by atoms with Crippen LogP contribution in [0, 0.1) is 0 Å². The van der Waals surface area contributed by atoms with Crippen LogP contribution in [0.3, 0.4) is 0 Å². The van der Waals surface area contributed by atoms with Crippen LogP contribution in [0.1, 0.15) is 59.8 Å². The Bertz CT molecular complexity index is 438. The summed E-state index contributed by atoms with van der Waals surface area (Å²) in [6, 6.07) is -0.235. The third-order valence-corrected chi connectivity index (χ3v) is 4.22. The van der Waals surface area contributed by atoms with Gasteiger partial charge < -0.3 is 15.5 Å². The molecule has 0 bridgehead atoms. The van der Waals surface area contributed by atoms with E-state index in [9.17, 15) is 9.59 Å². The maximum atomic E-state index is 12.2. The Morgan fingerprint density at radius 2 is 2.00 bits per heavy atom. The molecule has 1 aliphatic rings. The summed E-state index contributed by atoms with van der Waals surface area (Å²) in [4.78, 5) is 25.1. The molecule has 2 amide bonds. The molecule has 1 unspecified atom stereocenters. The van der Waals surface area contributed by atoms with Crippen LogP contribution in [0.2, 0.25) is 0 Å². The number of allylic oxidation sites excluding steroid dienone is 1. The van der Waals surface area contributed by atoms with Crippen LogP contribution in [0.25, 0.3) is 0 Å². The summed E-state index contributed by atoms with van der Waals surface area (Å²) in [5, 5.41) is 5.93. The molecule has 0 heterocycles. The number of nitrogens with one attached hydrogen (secondary N) is 3. The van der Waals surface area contributed by atoms with Gasteiger partial charge in [-0.25, -0.2) is 0 Å². The summed E-state index contributed by atoms with van der Waals surface area (Å²) >= 11 is 0. The van der Waals surface area contributed by atoms with E-state index in [0.717, 1.165) is 11.3 Å². The Hall–Kier alpha value is -1.36. The van der Waals surface area contributed by atoms with Gasteiger partial charge in [0, 0.05) is 12.1 Å². The normalized spacial score (nSPS) is 17.9. The van der Waals surface area contributed by atoms with Crippen molar-refractivity contribution in [1.29, 1.82) is 0 Å². The van der Waals surface area contributed by atoms with Gasteiger partial charge in [-0.1, -0.05) is 11.6 Å². The Balaban J connectivity index is 2.31. The van der Waals surface area contributed by atoms with Gasteiger partial charge in [-0.05, 0) is 59.8 Å². The first-order valence-electron chi connectivity index (χ1n) is 8.78. The van der Waals surface area contributed by atoms with Gasteiger partial charge in [-0.15, -0.1) is 0 Å². The van der Waals surface area contributed by atoms with E-state index in [0.29, 0.717) is 13.1 Å². The maximum Gasteiger partial charge on any atom is 0.278 e. The Morgan fingerprint density at radius 1 is 1.30 bits per heavy atom. The number of likely N-dealkylation sites (N-methyl/N-ethyl adjacent to an activating group) is 1. The molecule has 5 heteroatoms. The second kappa shape index (κ2) is 9.06. The van der Waals surface area contributed by atoms with Gasteiger partial charge in [-0.3, -0.25) is 9.59 Å². The number of hydrogen-bond acceptors (Lipinski definition) is 2. The molecule has 0 fully saturated rings. The van der Waals surface area contributed by atoms with Crippen molar-refractivity contribution in [2.45, 2.75) is 71.4 Å². The molecule has 0 aliphatic heterocycles. The fourth-order valence-electron chi connectivity index (χ4n) is 2.72. The largest absolute Gasteiger partial charge is 0.351 e. The molecule has 23 heavy (non-hydrogen) atoms. The SMILES string of the molecule is C[C@H](C(=O)NCCC1=CCCCC1)[NH+](C)CC(=O)NC(C)(C)C. The highest BCUT2D eigenvalue weighted by atomic mass is 16.2. The third-order valence-electron chi connectivity index (χ3n) is 4.22. The lowest BCUT2D eigenvalue weighted by Gasteiger charge is -2.24. The van der Waals surface area contributed by atoms with Crippen molar-refractivity contribution in [3.05, 3.63) is 11.6 Å². The highest BCUT2D eigenvalue weighted by Gasteiger charge is 2.25. The van der Waals surface area contributed by atoms with Gasteiger partial charge in [0.15, 0.2) is 12.6 Å². The Labute approximate surface area is 140 Å². The predicted molar refractivity (Wildman–Crippen MR) is 93.3 cm³/mol. The average molecular weight is 324 g/mol. The lowest BCUT2D eigenvalue weighted by molar-refractivity contribution is -0.886. The number of rotatable bonds is 7. The van der Waals surface area contributed by atoms with E-state index in [-0.39, 0.29) is 23.4 Å². The van der Waals surface area contributed by atoms with Crippen molar-refractivity contribution < 1.29 is 14.5 Å². The van der Waals surface area contributed by atoms with Gasteiger partial charge in [0.05, 0.1) is 7.05 Å². The predicted octanol–water partition coefficient (Wildman–Crippen LogP) is 0.811. The molecule has 0 spiro atoms. The Morgan fingerprint density at radius 3 is 2.57 bits per heavy atom. The highest BCUT2D eigenvalue weighted by Crippen LogP contribution is 2.19. The minimum atomic E-state index is -0.240. The van der Waals surface area contributed by atoms with E-state index in [2.05, 4.69) is 16.7 Å². The summed E-state index contributed by atoms with van der Waals surface area (Å²) in [5.74, 6) is -0.00974. The molecule has 0 saturated carbocycles. The smallest absolute Gasteiger partial charge is 0.278 e. The zero-order chi connectivity index (χ0) is 17.5. The second-order valence-electron chi connectivity index (χ2n) is 7.69. The van der Waals surface area contributed by atoms with Gasteiger partial charge >= 0.3 is 0 Å². The van der Waals surface area contributed by atoms with Crippen molar-refractivity contribution in [2.75, 3.05) is 20.1 Å². The third kappa shape index (κ3) is 8.16. The first kappa shape index (κ1) is 19.7. The van der Waals surface area contributed by atoms with Gasteiger partial charge in [0.25, 0.3) is 11.8 Å². The van der Waals surface area contributed by atoms with Crippen LogP contribution in [0.15, 0.2) is 11.6 Å². The summed E-state index contributed by atoms with van der Waals surface area (Å²) in [6.45, 7) is 8.73. The lowest BCUT2D eigenvalue weighted by atomic mass is 9.97. The molecule has 5 nitrogen and oxygen atoms in total. The van der Waals surface area contributed by atoms with Crippen molar-refractivity contribution >= 4 is 11.8 Å². The molecule has 2 atom stereocenters. The van der Waals surface area contributed by atoms with Crippen LogP contribution < -0.4 is 15.5 Å². The molecule has 3 N–H and O–H groups in total. The highest BCUT2D eigenvalue weighted by molar-refractivity contribution is 5.81. The first-order valence-corrected chi connectivity index (χ1v) is 8.78. The molecular weight excluding hydrogens is 290 g/mol. The van der Waals surface area contributed by atoms with Crippen LogP contribution in [0.5, 0.6) is 0 Å². The quantitative estimate of drug-likeness (QED) is 0.607. The zero-order valence-electron chi connectivity index (χ0n) is 15.4. The Kier molecular flexibility index (Phi) is 7.76. The van der Waals surface area contributed by atoms with Crippen molar-refractivity contribution in [3.8, 4) is 0 Å². The first-order chi connectivity index (χ1) is 10.7. The monoisotopic (exact) mass is 324 g/mol. The topological polar surface area (TPSA) is 62.6 Å². The molecule has 0 saturated heterocycles. The molecule has 132 valence electrons. The molecular formula is C18H34N3O2+. The van der Waals surface area contributed by atoms with E-state index in [4.69, 9.17) is 0 Å². The lowest BCUT2D eigenvalue weighted by Crippen LogP contribution is -3.15. The van der Waals surface area contributed by atoms with Gasteiger partial charge in [0.1, 0.15) is 0 Å². The minimum Gasteiger partial charge on any atom is -0.351 e. The van der Waals surface area contributed by atoms with Crippen LogP contribution in [-0.4, -0.2) is 43.5 Å². The number of hydrogen-bond donors (Lipinski definition) is 3. The molecule has 0 aromatic carbocycles. The number of quaternary nitrogens is 1. The molecule has 0 radical (unpaired) electrons. The van der Waals surface area contributed by atoms with E-state index in [1.165, 1.54) is 31.3 Å². The maximum absolute atomic E-state index is 12.2. The van der Waals surface area contributed by atoms with Crippen molar-refractivity contribution in [3.63, 3.8) is 0 Å². The van der Waals surface area contributed by atoms with Gasteiger partial charge in [0.2, 0.25) is 0 Å². The van der Waals surface area contributed by atoms with Crippen molar-refractivity contribution in [1.82, 2.24) is 10.6 Å². The summed E-state index contributed by atoms with van der Waals surface area (Å²) < 4.78 is 0. The van der Waals surface area contributed by atoms with E-state index in [1.54, 1.807) is 0 Å². The van der Waals surface area contributed by atoms with Crippen molar-refractivity contribution in [2.24, 2.45) is 0 Å². The molecule has 0 aromatic rings. The van der Waals surface area contributed by atoms with Crippen LogP contribution in [-0.2, 0) is 9.59 Å². The summed E-state index contributed by atoms with van der Waals surface area (Å²) in [5.41, 5.74) is 1.23. The average Bonchev–Trinajstić information content (AvgIpc) is 2.45. The second-order valence-corrected chi connectivity index (χ2v) is 7.69. The number of amides is 2. The van der Waals surface area contributed by atoms with E-state index < -0.39 is 0 Å². The fourth-order valence-corrected chi connectivity index (χ4v) is 2.72. The zero-order valence-corrected chi connectivity index (χ0v) is 15.4. The number of carbonyl (C=O) groups excluding carboxylic acids is 2. The number of carbonyl (C=O) groups is 2. The molecule has 1 aliphatic carbocycles. The summed E-state index contributed by atoms with van der Waals surface area (Å²) in [6.07, 6.45) is 8.16. The summed E-state index contributed by atoms with van der Waals surface area (Å²) in [7, 11) is 1.89. The minimum absolute atomic E-state index is 0.0162. The van der Waals surface area contributed by atoms with Crippen LogP contribution >= 0.6 is 0 Å². The molecule has 1 rings (SSSR count).